The van der Waals surface area contributed by atoms with Crippen LogP contribution in [0.3, 0.4) is 0 Å². The Labute approximate surface area is 292 Å². The summed E-state index contributed by atoms with van der Waals surface area (Å²) in [4.78, 5) is 58.3. The lowest BCUT2D eigenvalue weighted by atomic mass is 10.0. The first-order valence-electron chi connectivity index (χ1n) is 17.2. The summed E-state index contributed by atoms with van der Waals surface area (Å²) in [5.41, 5.74) is 9.39. The van der Waals surface area contributed by atoms with Gasteiger partial charge in [-0.1, -0.05) is 97.1 Å². The molecule has 0 bridgehead atoms. The molecule has 0 saturated carbocycles. The minimum atomic E-state index is -0.562. The monoisotopic (exact) mass is 670 g/mol. The zero-order valence-electron chi connectivity index (χ0n) is 28.7. The fourth-order valence-electron chi connectivity index (χ4n) is 7.92. The van der Waals surface area contributed by atoms with E-state index in [2.05, 4.69) is 52.5 Å². The minimum Gasteiger partial charge on any atom is -0.394 e. The highest BCUT2D eigenvalue weighted by Gasteiger charge is 2.39. The predicted molar refractivity (Wildman–Crippen MR) is 190 cm³/mol. The standard InChI is InChI=1S/C20H19NO2.C18H17NO.C4H6O3/c1-13(22)21(16-10-14-6-2-3-7-15(14)11-16)19-12-20(23)18-9-5-4-8-17(18)19;20-18-11-17(15-7-3-4-8-16(15)18)19-14-9-12-5-1-2-6-13(12)10-14;1-3(5)7-4(2)6/h2-9,16,19H,10-12H2,1H3;1-8,14,17,19H,9-11H2;1-2H3. The van der Waals surface area contributed by atoms with Gasteiger partial charge in [-0.15, -0.1) is 0 Å². The van der Waals surface area contributed by atoms with Gasteiger partial charge in [-0.3, -0.25) is 24.0 Å². The summed E-state index contributed by atoms with van der Waals surface area (Å²) >= 11 is 0. The van der Waals surface area contributed by atoms with Gasteiger partial charge in [0.05, 0.1) is 6.04 Å². The molecule has 0 radical (unpaired) electrons. The average Bonchev–Trinajstić information content (AvgIpc) is 3.85. The molecule has 2 unspecified atom stereocenters. The molecule has 8 heteroatoms. The van der Waals surface area contributed by atoms with Gasteiger partial charge in [0, 0.05) is 62.9 Å². The number of nitrogens with zero attached hydrogens (tertiary/aromatic N) is 1. The fourth-order valence-corrected chi connectivity index (χ4v) is 7.92. The Balaban J connectivity index is 0.000000147. The molecule has 0 heterocycles. The quantitative estimate of drug-likeness (QED) is 0.195. The van der Waals surface area contributed by atoms with Crippen LogP contribution in [0.4, 0.5) is 0 Å². The Morgan fingerprint density at radius 2 is 1.02 bits per heavy atom. The van der Waals surface area contributed by atoms with Gasteiger partial charge in [-0.25, -0.2) is 0 Å². The van der Waals surface area contributed by atoms with Crippen LogP contribution in [0.1, 0.15) is 99.8 Å². The van der Waals surface area contributed by atoms with Gasteiger partial charge in [-0.2, -0.15) is 0 Å². The van der Waals surface area contributed by atoms with Crippen molar-refractivity contribution in [2.45, 2.75) is 83.5 Å². The third-order valence-corrected chi connectivity index (χ3v) is 9.92. The lowest BCUT2D eigenvalue weighted by molar-refractivity contribution is -0.156. The van der Waals surface area contributed by atoms with E-state index in [-0.39, 0.29) is 35.6 Å². The number of benzene rings is 4. The van der Waals surface area contributed by atoms with E-state index in [1.807, 2.05) is 59.5 Å². The highest BCUT2D eigenvalue weighted by atomic mass is 16.6. The van der Waals surface area contributed by atoms with Crippen molar-refractivity contribution in [3.05, 3.63) is 142 Å². The number of esters is 2. The van der Waals surface area contributed by atoms with Crippen LogP contribution in [-0.4, -0.2) is 46.4 Å². The van der Waals surface area contributed by atoms with Crippen molar-refractivity contribution in [2.24, 2.45) is 0 Å². The molecule has 4 aromatic rings. The summed E-state index contributed by atoms with van der Waals surface area (Å²) in [6.45, 7) is 3.98. The van der Waals surface area contributed by atoms with E-state index in [4.69, 9.17) is 0 Å². The van der Waals surface area contributed by atoms with Gasteiger partial charge in [-0.05, 0) is 59.1 Å². The molecule has 8 rings (SSSR count). The Bertz CT molecular complexity index is 1890. The smallest absolute Gasteiger partial charge is 0.310 e. The molecular weight excluding hydrogens is 628 g/mol. The maximum atomic E-state index is 12.4. The molecule has 0 spiro atoms. The SMILES string of the molecule is CC(=O)N(C1Cc2ccccc2C1)C1CC(=O)c2ccccc21.CC(=O)OC(C)=O.O=C1CC(NC2Cc3ccccc3C2)c2ccccc21. The number of amides is 1. The van der Waals surface area contributed by atoms with Crippen molar-refractivity contribution in [3.63, 3.8) is 0 Å². The van der Waals surface area contributed by atoms with Crippen LogP contribution in [0, 0.1) is 0 Å². The van der Waals surface area contributed by atoms with Crippen molar-refractivity contribution in [2.75, 3.05) is 0 Å². The molecule has 50 heavy (non-hydrogen) atoms. The van der Waals surface area contributed by atoms with E-state index in [0.717, 1.165) is 42.4 Å². The molecule has 1 N–H and O–H groups in total. The molecule has 8 nitrogen and oxygen atoms in total. The molecule has 2 atom stereocenters. The number of hydrogen-bond acceptors (Lipinski definition) is 7. The van der Waals surface area contributed by atoms with E-state index in [1.54, 1.807) is 6.92 Å². The minimum absolute atomic E-state index is 0.0531. The predicted octanol–water partition coefficient (Wildman–Crippen LogP) is 6.50. The maximum absolute atomic E-state index is 12.4. The van der Waals surface area contributed by atoms with Gasteiger partial charge in [0.2, 0.25) is 5.91 Å². The van der Waals surface area contributed by atoms with Crippen LogP contribution in [0.25, 0.3) is 0 Å². The third kappa shape index (κ3) is 7.66. The molecule has 4 aliphatic rings. The maximum Gasteiger partial charge on any atom is 0.310 e. The summed E-state index contributed by atoms with van der Waals surface area (Å²) in [5, 5.41) is 3.69. The van der Waals surface area contributed by atoms with E-state index >= 15 is 0 Å². The van der Waals surface area contributed by atoms with Crippen LogP contribution >= 0.6 is 0 Å². The second-order valence-corrected chi connectivity index (χ2v) is 13.4. The van der Waals surface area contributed by atoms with Gasteiger partial charge in [0.15, 0.2) is 11.6 Å². The van der Waals surface area contributed by atoms with Gasteiger partial charge in [0.25, 0.3) is 0 Å². The number of Topliss-reactive ketones (excluding diaryl/α,β-unsaturated/α-hetero) is 2. The van der Waals surface area contributed by atoms with E-state index in [9.17, 15) is 24.0 Å². The van der Waals surface area contributed by atoms with Crippen LogP contribution in [0.2, 0.25) is 0 Å². The first kappa shape index (κ1) is 34.6. The van der Waals surface area contributed by atoms with Crippen LogP contribution < -0.4 is 5.32 Å². The largest absolute Gasteiger partial charge is 0.394 e. The Morgan fingerprint density at radius 3 is 1.52 bits per heavy atom. The number of rotatable bonds is 4. The fraction of sp³-hybridized carbons (Fsp3) is 0.310. The van der Waals surface area contributed by atoms with Crippen LogP contribution in [-0.2, 0) is 44.8 Å². The second-order valence-electron chi connectivity index (χ2n) is 13.4. The van der Waals surface area contributed by atoms with Crippen molar-refractivity contribution < 1.29 is 28.7 Å². The number of hydrogen-bond donors (Lipinski definition) is 1. The Morgan fingerprint density at radius 1 is 0.580 bits per heavy atom. The molecule has 0 saturated heterocycles. The number of ether oxygens (including phenoxy) is 1. The molecule has 4 aromatic carbocycles. The van der Waals surface area contributed by atoms with Gasteiger partial charge in [0.1, 0.15) is 0 Å². The molecule has 0 fully saturated rings. The number of fused-ring (bicyclic) bond motifs is 4. The van der Waals surface area contributed by atoms with Gasteiger partial charge < -0.3 is 15.0 Å². The second kappa shape index (κ2) is 15.1. The third-order valence-electron chi connectivity index (χ3n) is 9.92. The number of nitrogens with one attached hydrogen (secondary N) is 1. The molecule has 0 aromatic heterocycles. The number of carbonyl (C=O) groups is 5. The summed E-state index contributed by atoms with van der Waals surface area (Å²) in [7, 11) is 0. The topological polar surface area (TPSA) is 110 Å². The highest BCUT2D eigenvalue weighted by molar-refractivity contribution is 6.02. The summed E-state index contributed by atoms with van der Waals surface area (Å²) < 4.78 is 3.97. The highest BCUT2D eigenvalue weighted by Crippen LogP contribution is 2.39. The zero-order chi connectivity index (χ0) is 35.4. The van der Waals surface area contributed by atoms with Crippen molar-refractivity contribution in [1.29, 1.82) is 0 Å². The first-order valence-corrected chi connectivity index (χ1v) is 17.2. The summed E-state index contributed by atoms with van der Waals surface area (Å²) in [5.74, 6) is -0.654. The van der Waals surface area contributed by atoms with E-state index < -0.39 is 11.9 Å². The Kier molecular flexibility index (Phi) is 10.5. The average molecular weight is 671 g/mol. The lowest BCUT2D eigenvalue weighted by Crippen LogP contribution is -2.41. The summed E-state index contributed by atoms with van der Waals surface area (Å²) in [6, 6.07) is 33.4. The zero-order valence-corrected chi connectivity index (χ0v) is 28.7. The first-order chi connectivity index (χ1) is 24.1. The molecule has 256 valence electrons. The molecular formula is C42H42N2O6. The van der Waals surface area contributed by atoms with E-state index in [1.165, 1.54) is 41.7 Å². The molecule has 1 amide bonds. The normalized spacial score (nSPS) is 18.5. The van der Waals surface area contributed by atoms with Crippen molar-refractivity contribution >= 4 is 29.4 Å². The Hall–Kier alpha value is -5.21. The van der Waals surface area contributed by atoms with Crippen molar-refractivity contribution in [1.82, 2.24) is 10.2 Å². The van der Waals surface area contributed by atoms with Gasteiger partial charge >= 0.3 is 11.9 Å². The van der Waals surface area contributed by atoms with Crippen LogP contribution in [0.5, 0.6) is 0 Å². The van der Waals surface area contributed by atoms with E-state index in [0.29, 0.717) is 18.9 Å². The van der Waals surface area contributed by atoms with Crippen molar-refractivity contribution in [3.8, 4) is 0 Å². The molecule has 4 aliphatic carbocycles. The lowest BCUT2D eigenvalue weighted by Gasteiger charge is -2.34. The molecule has 0 aliphatic heterocycles. The number of ketones is 2. The van der Waals surface area contributed by atoms with Crippen LogP contribution in [0.15, 0.2) is 97.1 Å². The number of carbonyl (C=O) groups excluding carboxylic acids is 5. The summed E-state index contributed by atoms with van der Waals surface area (Å²) in [6.07, 6.45) is 4.91.